The average Bonchev–Trinajstić information content (AvgIpc) is 1.84. The van der Waals surface area contributed by atoms with Gasteiger partial charge in [-0.3, -0.25) is 4.57 Å². The van der Waals surface area contributed by atoms with Crippen LogP contribution < -0.4 is 17.3 Å². The lowest BCUT2D eigenvalue weighted by atomic mass is 10.6. The molecule has 0 aromatic rings. The van der Waals surface area contributed by atoms with Crippen molar-refractivity contribution < 1.29 is 26.4 Å². The van der Waals surface area contributed by atoms with Gasteiger partial charge in [0.15, 0.2) is 6.80 Å². The Morgan fingerprint density at radius 2 is 2.09 bits per heavy atom. The molecule has 0 aromatic carbocycles. The van der Waals surface area contributed by atoms with Gasteiger partial charge in [-0.15, -0.1) is 0 Å². The van der Waals surface area contributed by atoms with Gasteiger partial charge in [-0.05, 0) is 13.3 Å². The Balaban J connectivity index is 0. The minimum atomic E-state index is -3.54. The number of hydrogen-bond acceptors (Lipinski definition) is 4. The van der Waals surface area contributed by atoms with Gasteiger partial charge in [0.2, 0.25) is 0 Å². The fourth-order valence-electron chi connectivity index (χ4n) is 0.398. The number of hydrogen-bond donors (Lipinski definition) is 0. The van der Waals surface area contributed by atoms with Crippen LogP contribution in [0.5, 0.6) is 0 Å². The first-order valence-corrected chi connectivity index (χ1v) is 6.36. The molecule has 1 unspecified atom stereocenters. The van der Waals surface area contributed by atoms with Gasteiger partial charge in [0.25, 0.3) is 0 Å². The lowest BCUT2D eigenvalue weighted by Crippen LogP contribution is -3.00. The molecular formula is C5H12ClO3PS-2. The van der Waals surface area contributed by atoms with Crippen molar-refractivity contribution in [1.82, 2.24) is 0 Å². The first kappa shape index (κ1) is 14.3. The largest absolute Gasteiger partial charge is 1.00 e. The van der Waals surface area contributed by atoms with Crippen molar-refractivity contribution >= 4 is 18.2 Å². The topological polar surface area (TPSA) is 49.4 Å². The van der Waals surface area contributed by atoms with E-state index in [1.807, 2.05) is 6.92 Å². The fourth-order valence-corrected chi connectivity index (χ4v) is 2.95. The highest BCUT2D eigenvalue weighted by atomic mass is 35.5. The van der Waals surface area contributed by atoms with E-state index in [4.69, 9.17) is 0 Å². The molecule has 0 N–H and O–H groups in total. The Labute approximate surface area is 77.6 Å². The lowest BCUT2D eigenvalue weighted by molar-refractivity contribution is -0.189. The highest BCUT2D eigenvalue weighted by molar-refractivity contribution is 8.54. The van der Waals surface area contributed by atoms with Crippen LogP contribution in [0.3, 0.4) is 0 Å². The van der Waals surface area contributed by atoms with E-state index in [1.54, 1.807) is 6.92 Å². The van der Waals surface area contributed by atoms with E-state index < -0.39 is 6.80 Å². The summed E-state index contributed by atoms with van der Waals surface area (Å²) in [6, 6.07) is 0. The summed E-state index contributed by atoms with van der Waals surface area (Å²) in [5.74, 6) is 0.612. The standard InChI is InChI=1S/C5H13O3PS.ClH/c1-3-5-10-9(6,7)8-4-2;/h3-5H2,1-2H3,(H,6,7);1H/p-2. The normalized spacial score (nSPS) is 15.2. The maximum Gasteiger partial charge on any atom is 0.192 e. The Bertz CT molecular complexity index is 133. The molecule has 0 heterocycles. The van der Waals surface area contributed by atoms with E-state index in [9.17, 15) is 9.46 Å². The zero-order valence-corrected chi connectivity index (χ0v) is 9.05. The van der Waals surface area contributed by atoms with E-state index >= 15 is 0 Å². The molecule has 0 radical (unpaired) electrons. The summed E-state index contributed by atoms with van der Waals surface area (Å²) in [7, 11) is 0. The molecular weight excluding hydrogens is 207 g/mol. The van der Waals surface area contributed by atoms with Crippen molar-refractivity contribution in [3.63, 3.8) is 0 Å². The van der Waals surface area contributed by atoms with Crippen molar-refractivity contribution in [1.29, 1.82) is 0 Å². The van der Waals surface area contributed by atoms with Gasteiger partial charge in [-0.1, -0.05) is 18.3 Å². The molecule has 0 aliphatic carbocycles. The van der Waals surface area contributed by atoms with E-state index in [2.05, 4.69) is 4.52 Å². The van der Waals surface area contributed by atoms with Crippen LogP contribution >= 0.6 is 18.2 Å². The Morgan fingerprint density at radius 3 is 2.45 bits per heavy atom. The molecule has 0 fully saturated rings. The van der Waals surface area contributed by atoms with Crippen LogP contribution in [0.15, 0.2) is 0 Å². The van der Waals surface area contributed by atoms with Gasteiger partial charge < -0.3 is 21.8 Å². The summed E-state index contributed by atoms with van der Waals surface area (Å²) in [6.45, 7) is 0.285. The molecule has 0 bridgehead atoms. The molecule has 0 aliphatic rings. The average molecular weight is 219 g/mol. The minimum absolute atomic E-state index is 0. The van der Waals surface area contributed by atoms with Gasteiger partial charge in [0.1, 0.15) is 0 Å². The van der Waals surface area contributed by atoms with Crippen molar-refractivity contribution in [2.75, 3.05) is 12.4 Å². The predicted octanol–water partition coefficient (Wildman–Crippen LogP) is -1.36. The molecule has 11 heavy (non-hydrogen) atoms. The first-order valence-electron chi connectivity index (χ1n) is 3.22. The van der Waals surface area contributed by atoms with E-state index in [1.165, 1.54) is 0 Å². The second kappa shape index (κ2) is 7.44. The van der Waals surface area contributed by atoms with Crippen molar-refractivity contribution in [3.05, 3.63) is 0 Å². The molecule has 0 saturated heterocycles. The summed E-state index contributed by atoms with van der Waals surface area (Å²) in [5.41, 5.74) is 0. The quantitative estimate of drug-likeness (QED) is 0.535. The summed E-state index contributed by atoms with van der Waals surface area (Å²) in [6.07, 6.45) is 0.851. The minimum Gasteiger partial charge on any atom is -1.00 e. The molecule has 0 saturated carbocycles. The van der Waals surface area contributed by atoms with Crippen LogP contribution in [0.4, 0.5) is 0 Å². The third-order valence-electron chi connectivity index (χ3n) is 0.741. The first-order chi connectivity index (χ1) is 4.62. The molecule has 6 heteroatoms. The highest BCUT2D eigenvalue weighted by Crippen LogP contribution is 2.51. The Morgan fingerprint density at radius 1 is 1.55 bits per heavy atom. The van der Waals surface area contributed by atoms with Gasteiger partial charge in [-0.25, -0.2) is 0 Å². The summed E-state index contributed by atoms with van der Waals surface area (Å²) >= 11 is 0.881. The van der Waals surface area contributed by atoms with Crippen LogP contribution in [-0.2, 0) is 9.09 Å². The van der Waals surface area contributed by atoms with Crippen LogP contribution in [-0.4, -0.2) is 12.4 Å². The van der Waals surface area contributed by atoms with E-state index in [0.29, 0.717) is 5.75 Å². The monoisotopic (exact) mass is 218 g/mol. The third-order valence-corrected chi connectivity index (χ3v) is 4.03. The molecule has 0 amide bonds. The number of rotatable bonds is 5. The van der Waals surface area contributed by atoms with E-state index in [-0.39, 0.29) is 19.0 Å². The molecule has 0 spiro atoms. The highest BCUT2D eigenvalue weighted by Gasteiger charge is 2.05. The lowest BCUT2D eigenvalue weighted by Gasteiger charge is -2.20. The fraction of sp³-hybridized carbons (Fsp3) is 1.00. The molecule has 0 aliphatic heterocycles. The van der Waals surface area contributed by atoms with Crippen LogP contribution in [0.1, 0.15) is 20.3 Å². The van der Waals surface area contributed by atoms with E-state index in [0.717, 1.165) is 17.8 Å². The number of halogens is 1. The molecule has 0 rings (SSSR count). The zero-order valence-electron chi connectivity index (χ0n) is 6.58. The second-order valence-corrected chi connectivity index (χ2v) is 5.63. The maximum atomic E-state index is 10.8. The summed E-state index contributed by atoms with van der Waals surface area (Å²) in [4.78, 5) is 10.8. The van der Waals surface area contributed by atoms with Crippen molar-refractivity contribution in [2.24, 2.45) is 0 Å². The van der Waals surface area contributed by atoms with Crippen LogP contribution in [0, 0.1) is 0 Å². The smallest absolute Gasteiger partial charge is 0.192 e. The Kier molecular flexibility index (Phi) is 9.69. The van der Waals surface area contributed by atoms with Crippen LogP contribution in [0.2, 0.25) is 0 Å². The molecule has 70 valence electrons. The van der Waals surface area contributed by atoms with Crippen molar-refractivity contribution in [2.45, 2.75) is 20.3 Å². The maximum absolute atomic E-state index is 10.8. The Hall–Kier alpha value is 0.790. The zero-order chi connectivity index (χ0) is 8.04. The predicted molar refractivity (Wildman–Crippen MR) is 42.0 cm³/mol. The second-order valence-electron chi connectivity index (χ2n) is 1.70. The van der Waals surface area contributed by atoms with Gasteiger partial charge in [-0.2, -0.15) is 0 Å². The van der Waals surface area contributed by atoms with Crippen LogP contribution in [0.25, 0.3) is 0 Å². The summed E-state index contributed by atoms with van der Waals surface area (Å²) < 4.78 is 15.3. The summed E-state index contributed by atoms with van der Waals surface area (Å²) in [5, 5.41) is 0. The molecule has 1 atom stereocenters. The van der Waals surface area contributed by atoms with Crippen molar-refractivity contribution in [3.8, 4) is 0 Å². The molecule has 0 aromatic heterocycles. The van der Waals surface area contributed by atoms with Gasteiger partial charge >= 0.3 is 0 Å². The van der Waals surface area contributed by atoms with Gasteiger partial charge in [0, 0.05) is 5.75 Å². The van der Waals surface area contributed by atoms with Gasteiger partial charge in [0.05, 0.1) is 6.61 Å². The third kappa shape index (κ3) is 8.70. The SMILES string of the molecule is CCCSP(=O)([O-])OCC.[Cl-]. The molecule has 3 nitrogen and oxygen atoms in total.